The normalized spacial score (nSPS) is 21.2. The number of esters is 1. The van der Waals surface area contributed by atoms with Crippen LogP contribution in [0.5, 0.6) is 0 Å². The highest BCUT2D eigenvalue weighted by atomic mass is 16.5. The molecule has 1 aliphatic heterocycles. The van der Waals surface area contributed by atoms with Gasteiger partial charge in [-0.3, -0.25) is 19.3 Å². The third-order valence-corrected chi connectivity index (χ3v) is 6.00. The van der Waals surface area contributed by atoms with Crippen molar-refractivity contribution in [2.45, 2.75) is 52.0 Å². The number of rotatable bonds is 8. The largest absolute Gasteiger partial charge is 0.454 e. The van der Waals surface area contributed by atoms with Crippen LogP contribution < -0.4 is 5.32 Å². The summed E-state index contributed by atoms with van der Waals surface area (Å²) in [5.41, 5.74) is 2.37. The zero-order valence-corrected chi connectivity index (χ0v) is 18.3. The summed E-state index contributed by atoms with van der Waals surface area (Å²) in [7, 11) is 0. The molecule has 7 nitrogen and oxygen atoms in total. The first kappa shape index (κ1) is 22.7. The average molecular weight is 427 g/mol. The Hall–Kier alpha value is -2.96. The molecule has 7 heteroatoms. The molecule has 1 aromatic rings. The molecule has 1 aromatic carbocycles. The van der Waals surface area contributed by atoms with Gasteiger partial charge in [0.15, 0.2) is 6.61 Å². The molecule has 1 saturated heterocycles. The van der Waals surface area contributed by atoms with Crippen molar-refractivity contribution in [3.63, 3.8) is 0 Å². The molecule has 0 saturated carbocycles. The third-order valence-electron chi connectivity index (χ3n) is 6.00. The number of fused-ring (bicyclic) bond motifs is 1. The highest BCUT2D eigenvalue weighted by Gasteiger charge is 2.50. The van der Waals surface area contributed by atoms with Crippen LogP contribution in [0.2, 0.25) is 0 Å². The monoisotopic (exact) mass is 426 g/mol. The Morgan fingerprint density at radius 2 is 1.61 bits per heavy atom. The predicted molar refractivity (Wildman–Crippen MR) is 115 cm³/mol. The van der Waals surface area contributed by atoms with Crippen LogP contribution >= 0.6 is 0 Å². The lowest BCUT2D eigenvalue weighted by Crippen LogP contribution is -2.45. The van der Waals surface area contributed by atoms with E-state index >= 15 is 0 Å². The summed E-state index contributed by atoms with van der Waals surface area (Å²) in [5, 5.41) is 2.72. The summed E-state index contributed by atoms with van der Waals surface area (Å²) in [5.74, 6) is -2.17. The molecule has 166 valence electrons. The minimum atomic E-state index is -1.04. The number of allylic oxidation sites excluding steroid dienone is 2. The standard InChI is InChI=1S/C24H30N2O5/c1-15(2)18-10-8-17(9-11-18)12-13-25-21(27)14-31-24(30)16(3)26-22(28)19-6-4-5-7-20(19)23(26)29/h4-5,8-11,15-16,19-20H,6-7,12-14H2,1-3H3,(H,25,27)/t16-,19+,20+/m0/s1. The lowest BCUT2D eigenvalue weighted by molar-refractivity contribution is -0.159. The van der Waals surface area contributed by atoms with Gasteiger partial charge in [-0.25, -0.2) is 4.79 Å². The van der Waals surface area contributed by atoms with E-state index in [0.717, 1.165) is 10.5 Å². The van der Waals surface area contributed by atoms with Gasteiger partial charge < -0.3 is 10.1 Å². The van der Waals surface area contributed by atoms with Gasteiger partial charge in [-0.1, -0.05) is 50.3 Å². The number of hydrogen-bond donors (Lipinski definition) is 1. The van der Waals surface area contributed by atoms with Crippen molar-refractivity contribution in [1.29, 1.82) is 0 Å². The third kappa shape index (κ3) is 5.21. The lowest BCUT2D eigenvalue weighted by Gasteiger charge is -2.21. The van der Waals surface area contributed by atoms with E-state index in [9.17, 15) is 19.2 Å². The minimum Gasteiger partial charge on any atom is -0.454 e. The molecule has 1 aliphatic carbocycles. The minimum absolute atomic E-state index is 0.336. The van der Waals surface area contributed by atoms with Gasteiger partial charge in [0.05, 0.1) is 11.8 Å². The molecular formula is C24H30N2O5. The van der Waals surface area contributed by atoms with Crippen molar-refractivity contribution in [2.24, 2.45) is 11.8 Å². The Morgan fingerprint density at radius 1 is 1.03 bits per heavy atom. The quantitative estimate of drug-likeness (QED) is 0.391. The molecule has 1 N–H and O–H groups in total. The summed E-state index contributed by atoms with van der Waals surface area (Å²) < 4.78 is 5.06. The lowest BCUT2D eigenvalue weighted by atomic mass is 9.85. The van der Waals surface area contributed by atoms with Crippen LogP contribution in [-0.4, -0.2) is 47.8 Å². The number of nitrogens with one attached hydrogen (secondary N) is 1. The second-order valence-electron chi connectivity index (χ2n) is 8.48. The van der Waals surface area contributed by atoms with Crippen molar-refractivity contribution in [3.8, 4) is 0 Å². The van der Waals surface area contributed by atoms with E-state index in [4.69, 9.17) is 4.74 Å². The molecule has 0 radical (unpaired) electrons. The summed E-state index contributed by atoms with van der Waals surface area (Å²) >= 11 is 0. The van der Waals surface area contributed by atoms with E-state index in [2.05, 4.69) is 31.3 Å². The van der Waals surface area contributed by atoms with Gasteiger partial charge in [-0.05, 0) is 43.2 Å². The smallest absolute Gasteiger partial charge is 0.329 e. The van der Waals surface area contributed by atoms with Gasteiger partial charge in [0.1, 0.15) is 6.04 Å². The molecule has 3 atom stereocenters. The van der Waals surface area contributed by atoms with Gasteiger partial charge in [0.25, 0.3) is 5.91 Å². The van der Waals surface area contributed by atoms with E-state index in [1.54, 1.807) is 0 Å². The second kappa shape index (κ2) is 9.90. The van der Waals surface area contributed by atoms with Crippen LogP contribution in [0, 0.1) is 11.8 Å². The number of ether oxygens (including phenoxy) is 1. The van der Waals surface area contributed by atoms with Crippen LogP contribution in [0.15, 0.2) is 36.4 Å². The van der Waals surface area contributed by atoms with Crippen molar-refractivity contribution < 1.29 is 23.9 Å². The number of hydrogen-bond acceptors (Lipinski definition) is 5. The first-order valence-electron chi connectivity index (χ1n) is 10.8. The fraction of sp³-hybridized carbons (Fsp3) is 0.500. The Balaban J connectivity index is 1.42. The molecule has 0 unspecified atom stereocenters. The van der Waals surface area contributed by atoms with Crippen molar-refractivity contribution in [3.05, 3.63) is 47.5 Å². The van der Waals surface area contributed by atoms with E-state index in [1.807, 2.05) is 24.3 Å². The molecule has 1 heterocycles. The molecule has 0 aromatic heterocycles. The topological polar surface area (TPSA) is 92.8 Å². The van der Waals surface area contributed by atoms with Gasteiger partial charge in [-0.15, -0.1) is 0 Å². The predicted octanol–water partition coefficient (Wildman–Crippen LogP) is 2.35. The maximum Gasteiger partial charge on any atom is 0.329 e. The highest BCUT2D eigenvalue weighted by molar-refractivity contribution is 6.08. The molecule has 0 spiro atoms. The number of imide groups is 1. The molecule has 1 fully saturated rings. The first-order chi connectivity index (χ1) is 14.8. The van der Waals surface area contributed by atoms with Crippen molar-refractivity contribution in [2.75, 3.05) is 13.2 Å². The molecule has 3 rings (SSSR count). The van der Waals surface area contributed by atoms with E-state index in [0.29, 0.717) is 31.7 Å². The Kier molecular flexibility index (Phi) is 7.25. The zero-order valence-electron chi connectivity index (χ0n) is 18.3. The number of nitrogens with zero attached hydrogens (tertiary/aromatic N) is 1. The zero-order chi connectivity index (χ0) is 22.5. The summed E-state index contributed by atoms with van der Waals surface area (Å²) in [6, 6.07) is 7.20. The highest BCUT2D eigenvalue weighted by Crippen LogP contribution is 2.36. The number of amides is 3. The average Bonchev–Trinajstić information content (AvgIpc) is 3.02. The van der Waals surface area contributed by atoms with Crippen LogP contribution in [0.1, 0.15) is 50.7 Å². The number of likely N-dealkylation sites (tertiary alicyclic amines) is 1. The Bertz CT molecular complexity index is 848. The van der Waals surface area contributed by atoms with Crippen LogP contribution in [0.25, 0.3) is 0 Å². The van der Waals surface area contributed by atoms with E-state index < -0.39 is 36.4 Å². The molecule has 0 bridgehead atoms. The summed E-state index contributed by atoms with van der Waals surface area (Å²) in [6.45, 7) is 5.71. The van der Waals surface area contributed by atoms with Gasteiger partial charge >= 0.3 is 5.97 Å². The van der Waals surface area contributed by atoms with Gasteiger partial charge in [0, 0.05) is 6.54 Å². The molecule has 31 heavy (non-hydrogen) atoms. The summed E-state index contributed by atoms with van der Waals surface area (Å²) in [4.78, 5) is 50.5. The van der Waals surface area contributed by atoms with Crippen LogP contribution in [0.4, 0.5) is 0 Å². The second-order valence-corrected chi connectivity index (χ2v) is 8.48. The fourth-order valence-electron chi connectivity index (χ4n) is 4.04. The number of benzene rings is 1. The van der Waals surface area contributed by atoms with Crippen LogP contribution in [0.3, 0.4) is 0 Å². The number of carbonyl (C=O) groups is 4. The Morgan fingerprint density at radius 3 is 2.16 bits per heavy atom. The van der Waals surface area contributed by atoms with Gasteiger partial charge in [-0.2, -0.15) is 0 Å². The fourth-order valence-corrected chi connectivity index (χ4v) is 4.04. The SMILES string of the molecule is CC(C)c1ccc(CCNC(=O)COC(=O)[C@H](C)N2C(=O)[C@@H]3CC=CC[C@H]3C2=O)cc1. The van der Waals surface area contributed by atoms with E-state index in [-0.39, 0.29) is 11.8 Å². The van der Waals surface area contributed by atoms with Gasteiger partial charge in [0.2, 0.25) is 11.8 Å². The molecular weight excluding hydrogens is 396 g/mol. The molecule has 2 aliphatic rings. The summed E-state index contributed by atoms with van der Waals surface area (Å²) in [6.07, 6.45) is 5.47. The molecule has 3 amide bonds. The Labute approximate surface area is 182 Å². The van der Waals surface area contributed by atoms with Crippen molar-refractivity contribution in [1.82, 2.24) is 10.2 Å². The first-order valence-corrected chi connectivity index (χ1v) is 10.8. The van der Waals surface area contributed by atoms with E-state index in [1.165, 1.54) is 12.5 Å². The maximum absolute atomic E-state index is 12.6. The van der Waals surface area contributed by atoms with Crippen LogP contribution in [-0.2, 0) is 30.3 Å². The van der Waals surface area contributed by atoms with Crippen molar-refractivity contribution >= 4 is 23.7 Å². The number of carbonyl (C=O) groups excluding carboxylic acids is 4. The maximum atomic E-state index is 12.6.